The highest BCUT2D eigenvalue weighted by Gasteiger charge is 2.40. The molecule has 3 rings (SSSR count). The van der Waals surface area contributed by atoms with Crippen LogP contribution >= 0.6 is 0 Å². The summed E-state index contributed by atoms with van der Waals surface area (Å²) >= 11 is 0. The van der Waals surface area contributed by atoms with Crippen molar-refractivity contribution in [2.45, 2.75) is 11.3 Å². The van der Waals surface area contributed by atoms with E-state index in [2.05, 4.69) is 5.32 Å². The van der Waals surface area contributed by atoms with Crippen molar-refractivity contribution in [3.8, 4) is 0 Å². The largest absolute Gasteiger partial charge is 0.373 e. The summed E-state index contributed by atoms with van der Waals surface area (Å²) < 4.78 is 25.6. The number of sulfonamides is 1. The Morgan fingerprint density at radius 3 is 2.44 bits per heavy atom. The van der Waals surface area contributed by atoms with Crippen molar-refractivity contribution in [1.29, 1.82) is 0 Å². The maximum absolute atomic E-state index is 12.4. The molecule has 1 heterocycles. The van der Waals surface area contributed by atoms with Crippen molar-refractivity contribution in [2.24, 2.45) is 0 Å². The van der Waals surface area contributed by atoms with Gasteiger partial charge in [0.2, 0.25) is 5.91 Å². The lowest BCUT2D eigenvalue weighted by atomic mass is 10.2. The van der Waals surface area contributed by atoms with Crippen LogP contribution in [-0.4, -0.2) is 51.2 Å². The van der Waals surface area contributed by atoms with Gasteiger partial charge < -0.3 is 10.2 Å². The van der Waals surface area contributed by atoms with Crippen LogP contribution in [0.15, 0.2) is 59.5 Å². The minimum Gasteiger partial charge on any atom is -0.373 e. The fourth-order valence-electron chi connectivity index (χ4n) is 2.92. The molecule has 0 saturated carbocycles. The highest BCUT2D eigenvalue weighted by Crippen LogP contribution is 2.29. The summed E-state index contributed by atoms with van der Waals surface area (Å²) in [6.07, 6.45) is -0.0754. The zero-order valence-corrected chi connectivity index (χ0v) is 15.8. The average molecular weight is 387 g/mol. The van der Waals surface area contributed by atoms with Gasteiger partial charge in [0.1, 0.15) is 4.90 Å². The van der Waals surface area contributed by atoms with Crippen LogP contribution in [0.5, 0.6) is 0 Å². The summed E-state index contributed by atoms with van der Waals surface area (Å²) in [7, 11) is -1.94. The predicted molar refractivity (Wildman–Crippen MR) is 102 cm³/mol. The number of anilines is 1. The molecule has 27 heavy (non-hydrogen) atoms. The molecule has 2 aromatic carbocycles. The number of hydrogen-bond donors (Lipinski definition) is 1. The monoisotopic (exact) mass is 387 g/mol. The van der Waals surface area contributed by atoms with Gasteiger partial charge in [-0.1, -0.05) is 30.3 Å². The second-order valence-electron chi connectivity index (χ2n) is 6.24. The first kappa shape index (κ1) is 18.9. The van der Waals surface area contributed by atoms with Crippen molar-refractivity contribution in [1.82, 2.24) is 9.62 Å². The number of carbonyl (C=O) groups excluding carboxylic acids is 2. The number of amides is 2. The van der Waals surface area contributed by atoms with Gasteiger partial charge >= 0.3 is 0 Å². The minimum atomic E-state index is -3.87. The zero-order valence-electron chi connectivity index (χ0n) is 15.0. The van der Waals surface area contributed by atoms with Gasteiger partial charge in [-0.15, -0.1) is 0 Å². The predicted octanol–water partition coefficient (Wildman–Crippen LogP) is 1.47. The number of rotatable bonds is 7. The quantitative estimate of drug-likeness (QED) is 0.778. The third-order valence-corrected chi connectivity index (χ3v) is 6.26. The van der Waals surface area contributed by atoms with E-state index in [9.17, 15) is 18.0 Å². The second-order valence-corrected chi connectivity index (χ2v) is 8.07. The summed E-state index contributed by atoms with van der Waals surface area (Å²) in [5.74, 6) is -0.877. The maximum atomic E-state index is 12.4. The highest BCUT2D eigenvalue weighted by atomic mass is 32.2. The fourth-order valence-corrected chi connectivity index (χ4v) is 4.49. The number of nitrogens with zero attached hydrogens (tertiary/aromatic N) is 2. The molecule has 0 aliphatic carbocycles. The lowest BCUT2D eigenvalue weighted by Gasteiger charge is -2.19. The standard InChI is InChI=1S/C19H21N3O4S/c1-21(15-7-3-2-4-8-15)14-12-20-18(23)11-13-22-19(24)16-9-5-6-10-17(16)27(22,25)26/h2-10H,11-14H2,1H3,(H,20,23). The van der Waals surface area contributed by atoms with Crippen LogP contribution in [0.4, 0.5) is 5.69 Å². The van der Waals surface area contributed by atoms with Crippen LogP contribution < -0.4 is 10.2 Å². The van der Waals surface area contributed by atoms with Crippen molar-refractivity contribution < 1.29 is 18.0 Å². The SMILES string of the molecule is CN(CCNC(=O)CCN1C(=O)c2ccccc2S1(=O)=O)c1ccccc1. The van der Waals surface area contributed by atoms with Gasteiger partial charge in [0, 0.05) is 38.8 Å². The fraction of sp³-hybridized carbons (Fsp3) is 0.263. The first-order chi connectivity index (χ1) is 12.9. The highest BCUT2D eigenvalue weighted by molar-refractivity contribution is 7.90. The Morgan fingerprint density at radius 2 is 1.74 bits per heavy atom. The molecule has 0 aromatic heterocycles. The molecule has 0 fully saturated rings. The molecule has 1 aliphatic rings. The zero-order chi connectivity index (χ0) is 19.4. The van der Waals surface area contributed by atoms with Crippen molar-refractivity contribution in [3.63, 3.8) is 0 Å². The summed E-state index contributed by atoms with van der Waals surface area (Å²) in [6, 6.07) is 15.8. The molecule has 0 atom stereocenters. The smallest absolute Gasteiger partial charge is 0.269 e. The molecule has 7 nitrogen and oxygen atoms in total. The number of fused-ring (bicyclic) bond motifs is 1. The normalized spacial score (nSPS) is 14.7. The molecule has 0 spiro atoms. The Morgan fingerprint density at radius 1 is 1.07 bits per heavy atom. The molecule has 1 aliphatic heterocycles. The molecule has 0 saturated heterocycles. The lowest BCUT2D eigenvalue weighted by molar-refractivity contribution is -0.121. The van der Waals surface area contributed by atoms with Gasteiger partial charge in [-0.05, 0) is 24.3 Å². The summed E-state index contributed by atoms with van der Waals surface area (Å²) in [5, 5.41) is 2.76. The molecule has 0 bridgehead atoms. The molecule has 0 radical (unpaired) electrons. The van der Waals surface area contributed by atoms with Crippen LogP contribution in [0.25, 0.3) is 0 Å². The third kappa shape index (κ3) is 3.95. The number of benzene rings is 2. The van der Waals surface area contributed by atoms with Crippen LogP contribution in [0.3, 0.4) is 0 Å². The first-order valence-electron chi connectivity index (χ1n) is 8.60. The molecule has 2 aromatic rings. The summed E-state index contributed by atoms with van der Waals surface area (Å²) in [4.78, 5) is 26.3. The van der Waals surface area contributed by atoms with E-state index < -0.39 is 15.9 Å². The van der Waals surface area contributed by atoms with Gasteiger partial charge in [0.25, 0.3) is 15.9 Å². The van der Waals surface area contributed by atoms with E-state index in [1.165, 1.54) is 12.1 Å². The molecule has 1 N–H and O–H groups in total. The van der Waals surface area contributed by atoms with Crippen molar-refractivity contribution in [3.05, 3.63) is 60.2 Å². The van der Waals surface area contributed by atoms with Crippen LogP contribution in [-0.2, 0) is 14.8 Å². The van der Waals surface area contributed by atoms with Gasteiger partial charge in [0.15, 0.2) is 0 Å². The first-order valence-corrected chi connectivity index (χ1v) is 10.0. The molecule has 0 unspecified atom stereocenters. The van der Waals surface area contributed by atoms with E-state index in [1.807, 2.05) is 42.3 Å². The van der Waals surface area contributed by atoms with Crippen LogP contribution in [0, 0.1) is 0 Å². The number of nitrogens with one attached hydrogen (secondary N) is 1. The maximum Gasteiger partial charge on any atom is 0.269 e. The molecule has 142 valence electrons. The second kappa shape index (κ2) is 7.79. The molecule has 2 amide bonds. The van der Waals surface area contributed by atoms with Crippen molar-refractivity contribution in [2.75, 3.05) is 31.6 Å². The Bertz CT molecular complexity index is 944. The number of likely N-dealkylation sites (N-methyl/N-ethyl adjacent to an activating group) is 1. The van der Waals surface area contributed by atoms with Gasteiger partial charge in [-0.2, -0.15) is 0 Å². The van der Waals surface area contributed by atoms with Crippen molar-refractivity contribution >= 4 is 27.5 Å². The van der Waals surface area contributed by atoms with Gasteiger partial charge in [0.05, 0.1) is 5.56 Å². The number of para-hydroxylation sites is 1. The Kier molecular flexibility index (Phi) is 5.46. The van der Waals surface area contributed by atoms with E-state index in [1.54, 1.807) is 12.1 Å². The van der Waals surface area contributed by atoms with Gasteiger partial charge in [-0.3, -0.25) is 9.59 Å². The van der Waals surface area contributed by atoms with Crippen LogP contribution in [0.1, 0.15) is 16.8 Å². The van der Waals surface area contributed by atoms with E-state index >= 15 is 0 Å². The summed E-state index contributed by atoms with van der Waals surface area (Å²) in [5.41, 5.74) is 1.20. The molecular formula is C19H21N3O4S. The number of hydrogen-bond acceptors (Lipinski definition) is 5. The Balaban J connectivity index is 1.49. The Hall–Kier alpha value is -2.87. The minimum absolute atomic E-state index is 0.0000981. The average Bonchev–Trinajstić information content (AvgIpc) is 2.87. The Labute approximate surface area is 158 Å². The van der Waals surface area contributed by atoms with E-state index in [0.29, 0.717) is 13.1 Å². The third-order valence-electron chi connectivity index (χ3n) is 4.42. The lowest BCUT2D eigenvalue weighted by Crippen LogP contribution is -2.37. The van der Waals surface area contributed by atoms with Gasteiger partial charge in [-0.25, -0.2) is 12.7 Å². The van der Waals surface area contributed by atoms with E-state index in [0.717, 1.165) is 9.99 Å². The van der Waals surface area contributed by atoms with E-state index in [4.69, 9.17) is 0 Å². The molecule has 8 heteroatoms. The van der Waals surface area contributed by atoms with Crippen LogP contribution in [0.2, 0.25) is 0 Å². The number of carbonyl (C=O) groups is 2. The molecular weight excluding hydrogens is 366 g/mol. The topological polar surface area (TPSA) is 86.8 Å². The van der Waals surface area contributed by atoms with E-state index in [-0.39, 0.29) is 29.3 Å². The summed E-state index contributed by atoms with van der Waals surface area (Å²) in [6.45, 7) is 0.865.